The zero-order chi connectivity index (χ0) is 12.4. The third-order valence-corrected chi connectivity index (χ3v) is 4.00. The van der Waals surface area contributed by atoms with Crippen LogP contribution in [0.1, 0.15) is 15.6 Å². The SMILES string of the molecule is Cc1nc(CNc2cc(Br)ccc2F)sc1C. The minimum absolute atomic E-state index is 0.252. The molecule has 0 amide bonds. The van der Waals surface area contributed by atoms with E-state index in [4.69, 9.17) is 0 Å². The molecule has 17 heavy (non-hydrogen) atoms. The third kappa shape index (κ3) is 3.04. The average Bonchev–Trinajstić information content (AvgIpc) is 2.60. The van der Waals surface area contributed by atoms with Crippen molar-refractivity contribution in [2.75, 3.05) is 5.32 Å². The monoisotopic (exact) mass is 314 g/mol. The van der Waals surface area contributed by atoms with Crippen LogP contribution in [0.25, 0.3) is 0 Å². The van der Waals surface area contributed by atoms with Gasteiger partial charge in [0.25, 0.3) is 0 Å². The van der Waals surface area contributed by atoms with Crippen molar-refractivity contribution in [2.24, 2.45) is 0 Å². The van der Waals surface area contributed by atoms with Crippen LogP contribution in [0, 0.1) is 19.7 Å². The molecule has 1 heterocycles. The maximum atomic E-state index is 13.5. The first-order chi connectivity index (χ1) is 8.06. The first-order valence-electron chi connectivity index (χ1n) is 5.18. The lowest BCUT2D eigenvalue weighted by molar-refractivity contribution is 0.630. The van der Waals surface area contributed by atoms with Gasteiger partial charge in [0.2, 0.25) is 0 Å². The van der Waals surface area contributed by atoms with E-state index >= 15 is 0 Å². The van der Waals surface area contributed by atoms with Crippen LogP contribution in [-0.4, -0.2) is 4.98 Å². The molecule has 2 rings (SSSR count). The second-order valence-electron chi connectivity index (χ2n) is 3.73. The van der Waals surface area contributed by atoms with Crippen molar-refractivity contribution < 1.29 is 4.39 Å². The largest absolute Gasteiger partial charge is 0.376 e. The van der Waals surface area contributed by atoms with Crippen LogP contribution in [0.15, 0.2) is 22.7 Å². The Morgan fingerprint density at radius 2 is 2.18 bits per heavy atom. The molecule has 0 unspecified atom stereocenters. The summed E-state index contributed by atoms with van der Waals surface area (Å²) in [5, 5.41) is 4.03. The zero-order valence-electron chi connectivity index (χ0n) is 9.55. The van der Waals surface area contributed by atoms with Gasteiger partial charge in [-0.25, -0.2) is 9.37 Å². The Morgan fingerprint density at radius 3 is 2.82 bits per heavy atom. The highest BCUT2D eigenvalue weighted by Crippen LogP contribution is 2.22. The van der Waals surface area contributed by atoms with Crippen LogP contribution in [0.2, 0.25) is 0 Å². The number of benzene rings is 1. The van der Waals surface area contributed by atoms with E-state index in [0.29, 0.717) is 12.2 Å². The van der Waals surface area contributed by atoms with Gasteiger partial charge in [-0.1, -0.05) is 15.9 Å². The number of hydrogen-bond acceptors (Lipinski definition) is 3. The van der Waals surface area contributed by atoms with Gasteiger partial charge in [-0.05, 0) is 32.0 Å². The molecular weight excluding hydrogens is 303 g/mol. The fourth-order valence-electron chi connectivity index (χ4n) is 1.42. The number of hydrogen-bond donors (Lipinski definition) is 1. The summed E-state index contributed by atoms with van der Waals surface area (Å²) in [6, 6.07) is 4.84. The number of thiazole rings is 1. The molecule has 1 aromatic carbocycles. The smallest absolute Gasteiger partial charge is 0.146 e. The molecule has 0 aliphatic heterocycles. The van der Waals surface area contributed by atoms with Crippen molar-refractivity contribution in [1.82, 2.24) is 4.98 Å². The van der Waals surface area contributed by atoms with Gasteiger partial charge in [0, 0.05) is 9.35 Å². The van der Waals surface area contributed by atoms with Crippen molar-refractivity contribution >= 4 is 33.0 Å². The maximum absolute atomic E-state index is 13.5. The number of halogens is 2. The molecule has 0 atom stereocenters. The van der Waals surface area contributed by atoms with Crippen LogP contribution >= 0.6 is 27.3 Å². The number of rotatable bonds is 3. The molecule has 0 radical (unpaired) electrons. The molecule has 90 valence electrons. The van der Waals surface area contributed by atoms with E-state index in [1.54, 1.807) is 23.5 Å². The Kier molecular flexibility index (Phi) is 3.79. The summed E-state index contributed by atoms with van der Waals surface area (Å²) >= 11 is 4.95. The molecule has 0 saturated heterocycles. The summed E-state index contributed by atoms with van der Waals surface area (Å²) in [5.74, 6) is -0.252. The zero-order valence-corrected chi connectivity index (χ0v) is 12.0. The predicted molar refractivity (Wildman–Crippen MR) is 73.0 cm³/mol. The molecule has 0 spiro atoms. The van der Waals surface area contributed by atoms with Crippen LogP contribution in [0.5, 0.6) is 0 Å². The Balaban J connectivity index is 2.09. The second kappa shape index (κ2) is 5.14. The summed E-state index contributed by atoms with van der Waals surface area (Å²) < 4.78 is 14.3. The van der Waals surface area contributed by atoms with E-state index < -0.39 is 0 Å². The van der Waals surface area contributed by atoms with Gasteiger partial charge in [0.15, 0.2) is 0 Å². The summed E-state index contributed by atoms with van der Waals surface area (Å²) in [7, 11) is 0. The van der Waals surface area contributed by atoms with Crippen LogP contribution < -0.4 is 5.32 Å². The number of nitrogens with one attached hydrogen (secondary N) is 1. The molecule has 2 nitrogen and oxygen atoms in total. The third-order valence-electron chi connectivity index (χ3n) is 2.43. The van der Waals surface area contributed by atoms with E-state index in [9.17, 15) is 4.39 Å². The van der Waals surface area contributed by atoms with Crippen molar-refractivity contribution in [1.29, 1.82) is 0 Å². The highest BCUT2D eigenvalue weighted by Gasteiger charge is 2.06. The van der Waals surface area contributed by atoms with Gasteiger partial charge in [-0.2, -0.15) is 0 Å². The number of aryl methyl sites for hydroxylation is 2. The quantitative estimate of drug-likeness (QED) is 0.915. The summed E-state index contributed by atoms with van der Waals surface area (Å²) in [6.07, 6.45) is 0. The Labute approximate surface area is 112 Å². The number of anilines is 1. The number of nitrogens with zero attached hydrogens (tertiary/aromatic N) is 1. The van der Waals surface area contributed by atoms with E-state index in [2.05, 4.69) is 26.2 Å². The molecule has 0 aliphatic carbocycles. The lowest BCUT2D eigenvalue weighted by Gasteiger charge is -2.05. The fourth-order valence-corrected chi connectivity index (χ4v) is 2.65. The Morgan fingerprint density at radius 1 is 1.41 bits per heavy atom. The van der Waals surface area contributed by atoms with Gasteiger partial charge in [-0.3, -0.25) is 0 Å². The lowest BCUT2D eigenvalue weighted by atomic mass is 10.3. The van der Waals surface area contributed by atoms with Crippen molar-refractivity contribution in [2.45, 2.75) is 20.4 Å². The lowest BCUT2D eigenvalue weighted by Crippen LogP contribution is -2.01. The van der Waals surface area contributed by atoms with Gasteiger partial charge in [0.1, 0.15) is 10.8 Å². The van der Waals surface area contributed by atoms with Gasteiger partial charge in [0.05, 0.1) is 17.9 Å². The molecular formula is C12H12BrFN2S. The normalized spacial score (nSPS) is 10.6. The minimum atomic E-state index is -0.252. The standard InChI is InChI=1S/C12H12BrFN2S/c1-7-8(2)17-12(16-7)6-15-11-5-9(13)3-4-10(11)14/h3-5,15H,6H2,1-2H3. The van der Waals surface area contributed by atoms with Crippen LogP contribution in [0.4, 0.5) is 10.1 Å². The molecule has 2 aromatic rings. The Hall–Kier alpha value is -0.940. The molecule has 1 N–H and O–H groups in total. The van der Waals surface area contributed by atoms with Crippen LogP contribution in [0.3, 0.4) is 0 Å². The molecule has 0 aliphatic rings. The topological polar surface area (TPSA) is 24.9 Å². The van der Waals surface area contributed by atoms with Gasteiger partial charge in [-0.15, -0.1) is 11.3 Å². The fraction of sp³-hybridized carbons (Fsp3) is 0.250. The molecule has 0 saturated carbocycles. The van der Waals surface area contributed by atoms with Crippen molar-refractivity contribution in [3.05, 3.63) is 44.1 Å². The first kappa shape index (κ1) is 12.5. The maximum Gasteiger partial charge on any atom is 0.146 e. The van der Waals surface area contributed by atoms with Gasteiger partial charge >= 0.3 is 0 Å². The molecule has 1 aromatic heterocycles. The molecule has 0 bridgehead atoms. The van der Waals surface area contributed by atoms with E-state index in [1.165, 1.54) is 10.9 Å². The van der Waals surface area contributed by atoms with Crippen molar-refractivity contribution in [3.8, 4) is 0 Å². The summed E-state index contributed by atoms with van der Waals surface area (Å²) in [6.45, 7) is 4.57. The van der Waals surface area contributed by atoms with Crippen LogP contribution in [-0.2, 0) is 6.54 Å². The average molecular weight is 315 g/mol. The highest BCUT2D eigenvalue weighted by molar-refractivity contribution is 9.10. The van der Waals surface area contributed by atoms with Gasteiger partial charge < -0.3 is 5.32 Å². The second-order valence-corrected chi connectivity index (χ2v) is 5.93. The van der Waals surface area contributed by atoms with E-state index in [0.717, 1.165) is 15.2 Å². The van der Waals surface area contributed by atoms with Crippen molar-refractivity contribution in [3.63, 3.8) is 0 Å². The molecule has 5 heteroatoms. The summed E-state index contributed by atoms with van der Waals surface area (Å²) in [4.78, 5) is 5.60. The van der Waals surface area contributed by atoms with E-state index in [1.807, 2.05) is 13.8 Å². The Bertz CT molecular complexity index is 520. The summed E-state index contributed by atoms with van der Waals surface area (Å²) in [5.41, 5.74) is 1.53. The van der Waals surface area contributed by atoms with E-state index in [-0.39, 0.29) is 5.82 Å². The highest BCUT2D eigenvalue weighted by atomic mass is 79.9. The molecule has 0 fully saturated rings. The predicted octanol–water partition coefficient (Wildman–Crippen LogP) is 4.27. The minimum Gasteiger partial charge on any atom is -0.376 e. The number of aromatic nitrogens is 1. The first-order valence-corrected chi connectivity index (χ1v) is 6.79.